The molecule has 0 bridgehead atoms. The van der Waals surface area contributed by atoms with Crippen LogP contribution in [0, 0.1) is 0 Å². The Morgan fingerprint density at radius 1 is 0.554 bits per heavy atom. The largest absolute Gasteiger partial charge is 0.480 e. The van der Waals surface area contributed by atoms with Gasteiger partial charge in [0.25, 0.3) is 0 Å². The van der Waals surface area contributed by atoms with Crippen LogP contribution in [0.25, 0.3) is 0 Å². The second-order valence-electron chi connectivity index (χ2n) is 14.8. The molecule has 0 aromatic carbocycles. The number of hydrogen-bond donors (Lipinski definition) is 3. The average molecular weight is 814 g/mol. The predicted octanol–water partition coefficient (Wildman–Crippen LogP) is 11.6. The van der Waals surface area contributed by atoms with Gasteiger partial charge in [-0.2, -0.15) is 0 Å². The van der Waals surface area contributed by atoms with Crippen LogP contribution in [0.15, 0.2) is 36.5 Å². The SMILES string of the molecule is CCCCC/C=C\C/C=C\CCCCCCCCCCCC(=O)OC[C@H](COP(=O)(O)OC[C@H](N)C(=O)O)OC(=O)CCCCCCC/C=C\CCCCCC. The number of esters is 2. The number of nitrogens with two attached hydrogens (primary N) is 1. The normalized spacial score (nSPS) is 14.1. The summed E-state index contributed by atoms with van der Waals surface area (Å²) in [5.41, 5.74) is 5.33. The molecule has 11 nitrogen and oxygen atoms in total. The Balaban J connectivity index is 4.33. The molecular weight excluding hydrogens is 733 g/mol. The number of hydrogen-bond acceptors (Lipinski definition) is 9. The zero-order chi connectivity index (χ0) is 41.4. The molecule has 0 aliphatic heterocycles. The second-order valence-corrected chi connectivity index (χ2v) is 16.3. The van der Waals surface area contributed by atoms with Crippen LogP contribution in [0.3, 0.4) is 0 Å². The summed E-state index contributed by atoms with van der Waals surface area (Å²) in [6.45, 7) is 2.75. The van der Waals surface area contributed by atoms with Gasteiger partial charge >= 0.3 is 25.7 Å². The molecule has 0 aliphatic rings. The van der Waals surface area contributed by atoms with Crippen LogP contribution >= 0.6 is 7.82 Å². The van der Waals surface area contributed by atoms with Gasteiger partial charge in [0.2, 0.25) is 0 Å². The van der Waals surface area contributed by atoms with E-state index in [2.05, 4.69) is 54.8 Å². The Morgan fingerprint density at radius 3 is 1.45 bits per heavy atom. The van der Waals surface area contributed by atoms with Crippen molar-refractivity contribution in [2.45, 2.75) is 206 Å². The molecule has 56 heavy (non-hydrogen) atoms. The van der Waals surface area contributed by atoms with Gasteiger partial charge in [0.05, 0.1) is 13.2 Å². The van der Waals surface area contributed by atoms with Gasteiger partial charge in [-0.1, -0.05) is 147 Å². The highest BCUT2D eigenvalue weighted by Crippen LogP contribution is 2.43. The van der Waals surface area contributed by atoms with Crippen LogP contribution in [0.4, 0.5) is 0 Å². The minimum absolute atomic E-state index is 0.150. The third-order valence-corrected chi connectivity index (χ3v) is 10.3. The summed E-state index contributed by atoms with van der Waals surface area (Å²) in [6, 6.07) is -1.52. The first-order valence-electron chi connectivity index (χ1n) is 22.0. The summed E-state index contributed by atoms with van der Waals surface area (Å²) in [5, 5.41) is 8.88. The van der Waals surface area contributed by atoms with Crippen molar-refractivity contribution < 1.29 is 47.5 Å². The summed E-state index contributed by atoms with van der Waals surface area (Å²) in [5.74, 6) is -2.39. The van der Waals surface area contributed by atoms with E-state index in [-0.39, 0.29) is 19.4 Å². The van der Waals surface area contributed by atoms with Crippen molar-refractivity contribution >= 4 is 25.7 Å². The Kier molecular flexibility index (Phi) is 37.9. The first-order valence-corrected chi connectivity index (χ1v) is 23.5. The number of rotatable bonds is 41. The third-order valence-electron chi connectivity index (χ3n) is 9.36. The lowest BCUT2D eigenvalue weighted by Crippen LogP contribution is -2.34. The molecule has 326 valence electrons. The molecule has 4 N–H and O–H groups in total. The number of carbonyl (C=O) groups excluding carboxylic acids is 2. The van der Waals surface area contributed by atoms with Crippen molar-refractivity contribution in [3.63, 3.8) is 0 Å². The first-order chi connectivity index (χ1) is 27.1. The number of carbonyl (C=O) groups is 3. The number of allylic oxidation sites excluding steroid dienone is 6. The minimum atomic E-state index is -4.72. The van der Waals surface area contributed by atoms with Crippen LogP contribution in [0.2, 0.25) is 0 Å². The van der Waals surface area contributed by atoms with E-state index < -0.39 is 51.1 Å². The van der Waals surface area contributed by atoms with Crippen molar-refractivity contribution in [3.8, 4) is 0 Å². The second kappa shape index (κ2) is 39.5. The van der Waals surface area contributed by atoms with Crippen LogP contribution in [-0.2, 0) is 37.5 Å². The number of carboxylic acids is 1. The number of phosphoric acid groups is 1. The molecule has 0 radical (unpaired) electrons. The molecule has 0 amide bonds. The van der Waals surface area contributed by atoms with E-state index >= 15 is 0 Å². The highest BCUT2D eigenvalue weighted by Gasteiger charge is 2.28. The molecule has 0 aromatic rings. The Morgan fingerprint density at radius 2 is 0.946 bits per heavy atom. The van der Waals surface area contributed by atoms with E-state index in [1.165, 1.54) is 83.5 Å². The Bertz CT molecular complexity index is 1100. The molecule has 1 unspecified atom stereocenters. The summed E-state index contributed by atoms with van der Waals surface area (Å²) >= 11 is 0. The lowest BCUT2D eigenvalue weighted by molar-refractivity contribution is -0.161. The molecule has 3 atom stereocenters. The number of ether oxygens (including phenoxy) is 2. The Labute approximate surface area is 340 Å². The fourth-order valence-electron chi connectivity index (χ4n) is 5.85. The van der Waals surface area contributed by atoms with Crippen molar-refractivity contribution in [1.29, 1.82) is 0 Å². The van der Waals surface area contributed by atoms with E-state index in [1.807, 2.05) is 0 Å². The van der Waals surface area contributed by atoms with E-state index in [0.717, 1.165) is 70.6 Å². The molecular formula is C44H80NO10P. The topological polar surface area (TPSA) is 172 Å². The monoisotopic (exact) mass is 814 g/mol. The molecule has 0 saturated carbocycles. The highest BCUT2D eigenvalue weighted by molar-refractivity contribution is 7.47. The molecule has 0 fully saturated rings. The van der Waals surface area contributed by atoms with Gasteiger partial charge in [0, 0.05) is 12.8 Å². The van der Waals surface area contributed by atoms with Crippen molar-refractivity contribution in [2.24, 2.45) is 5.73 Å². The van der Waals surface area contributed by atoms with Crippen molar-refractivity contribution in [1.82, 2.24) is 0 Å². The maximum atomic E-state index is 12.6. The molecule has 0 spiro atoms. The molecule has 0 rings (SSSR count). The fourth-order valence-corrected chi connectivity index (χ4v) is 6.63. The van der Waals surface area contributed by atoms with Gasteiger partial charge in [0.15, 0.2) is 6.10 Å². The summed E-state index contributed by atoms with van der Waals surface area (Å²) in [4.78, 5) is 45.9. The van der Waals surface area contributed by atoms with Gasteiger partial charge in [0.1, 0.15) is 12.6 Å². The average Bonchev–Trinajstić information content (AvgIpc) is 3.17. The lowest BCUT2D eigenvalue weighted by atomic mass is 10.1. The van der Waals surface area contributed by atoms with Crippen LogP contribution in [-0.4, -0.2) is 59.9 Å². The zero-order valence-corrected chi connectivity index (χ0v) is 36.1. The maximum absolute atomic E-state index is 12.6. The number of unbranched alkanes of at least 4 members (excludes halogenated alkanes) is 21. The summed E-state index contributed by atoms with van der Waals surface area (Å²) < 4.78 is 32.7. The van der Waals surface area contributed by atoms with Gasteiger partial charge in [-0.25, -0.2) is 4.57 Å². The van der Waals surface area contributed by atoms with E-state index in [9.17, 15) is 23.8 Å². The van der Waals surface area contributed by atoms with Crippen LogP contribution in [0.1, 0.15) is 194 Å². The van der Waals surface area contributed by atoms with Crippen molar-refractivity contribution in [2.75, 3.05) is 19.8 Å². The molecule has 0 saturated heterocycles. The van der Waals surface area contributed by atoms with E-state index in [4.69, 9.17) is 24.8 Å². The minimum Gasteiger partial charge on any atom is -0.480 e. The molecule has 0 heterocycles. The van der Waals surface area contributed by atoms with Gasteiger partial charge in [-0.15, -0.1) is 0 Å². The third kappa shape index (κ3) is 38.6. The maximum Gasteiger partial charge on any atom is 0.472 e. The quantitative estimate of drug-likeness (QED) is 0.0232. The predicted molar refractivity (Wildman–Crippen MR) is 226 cm³/mol. The molecule has 0 aromatic heterocycles. The standard InChI is InChI=1S/C44H80NO10P/c1-3-5-7-9-11-13-15-17-18-19-20-21-22-24-25-27-29-31-33-35-42(46)52-37-40(38-53-56(50,51)54-39-41(45)44(48)49)55-43(47)36-34-32-30-28-26-23-16-14-12-10-8-6-4-2/h11,13-14,16-18,40-41H,3-10,12,15,19-39,45H2,1-2H3,(H,48,49)(H,50,51)/b13-11-,16-14-,18-17-/t40-,41+/m1/s1. The molecule has 0 aliphatic carbocycles. The number of phosphoric ester groups is 1. The first kappa shape index (κ1) is 53.7. The van der Waals surface area contributed by atoms with Gasteiger partial charge in [-0.3, -0.25) is 23.4 Å². The Hall–Kier alpha value is -2.30. The summed E-state index contributed by atoms with van der Waals surface area (Å²) in [7, 11) is -4.72. The molecule has 12 heteroatoms. The fraction of sp³-hybridized carbons (Fsp3) is 0.795. The van der Waals surface area contributed by atoms with Crippen molar-refractivity contribution in [3.05, 3.63) is 36.5 Å². The lowest BCUT2D eigenvalue weighted by Gasteiger charge is -2.20. The zero-order valence-electron chi connectivity index (χ0n) is 35.2. The van der Waals surface area contributed by atoms with Crippen LogP contribution in [0.5, 0.6) is 0 Å². The smallest absolute Gasteiger partial charge is 0.472 e. The van der Waals surface area contributed by atoms with Crippen LogP contribution < -0.4 is 5.73 Å². The van der Waals surface area contributed by atoms with Gasteiger partial charge in [-0.05, 0) is 70.6 Å². The number of aliphatic carboxylic acids is 1. The number of carboxylic acid groups (broad SMARTS) is 1. The highest BCUT2D eigenvalue weighted by atomic mass is 31.2. The van der Waals surface area contributed by atoms with Gasteiger partial charge < -0.3 is 25.2 Å². The van der Waals surface area contributed by atoms with E-state index in [0.29, 0.717) is 12.8 Å². The van der Waals surface area contributed by atoms with E-state index in [1.54, 1.807) is 0 Å². The summed E-state index contributed by atoms with van der Waals surface area (Å²) in [6.07, 6.45) is 42.0.